The summed E-state index contributed by atoms with van der Waals surface area (Å²) in [6.07, 6.45) is 2.46. The smallest absolute Gasteiger partial charge is 0.326 e. The Hall–Kier alpha value is -2.77. The van der Waals surface area contributed by atoms with Crippen molar-refractivity contribution in [3.8, 4) is 0 Å². The number of rotatable bonds is 20. The van der Waals surface area contributed by atoms with Gasteiger partial charge in [-0.3, -0.25) is 19.2 Å². The Labute approximate surface area is 212 Å². The van der Waals surface area contributed by atoms with Crippen LogP contribution in [0.25, 0.3) is 0 Å². The standard InChI is InChI=1S/C23H44N6O7/c1-3-14(2)19(26)22(34)28-15(8-4-6-12-24)20(32)27-16(10-11-18(30)31)21(33)29-17(23(35)36)9-5-7-13-25/h14-17,19H,3-13,24-26H2,1-2H3,(H,27,32)(H,28,34)(H,29,33)(H,30,31)(H,35,36). The number of carbonyl (C=O) groups excluding carboxylic acids is 3. The normalized spacial score (nSPS) is 15.1. The molecule has 0 saturated carbocycles. The molecule has 0 fully saturated rings. The molecule has 13 heteroatoms. The van der Waals surface area contributed by atoms with Crippen molar-refractivity contribution in [2.45, 2.75) is 95.8 Å². The Morgan fingerprint density at radius 3 is 1.61 bits per heavy atom. The van der Waals surface area contributed by atoms with Crippen molar-refractivity contribution in [1.82, 2.24) is 16.0 Å². The number of amides is 3. The quantitative estimate of drug-likeness (QED) is 0.0919. The molecular formula is C23H44N6O7. The molecule has 3 amide bonds. The number of nitrogens with two attached hydrogens (primary N) is 3. The van der Waals surface area contributed by atoms with Crippen LogP contribution in [0.15, 0.2) is 0 Å². The van der Waals surface area contributed by atoms with Crippen LogP contribution in [0.1, 0.15) is 71.6 Å². The third-order valence-electron chi connectivity index (χ3n) is 5.98. The van der Waals surface area contributed by atoms with Crippen molar-refractivity contribution in [3.05, 3.63) is 0 Å². The Morgan fingerprint density at radius 2 is 1.17 bits per heavy atom. The fourth-order valence-electron chi connectivity index (χ4n) is 3.37. The summed E-state index contributed by atoms with van der Waals surface area (Å²) in [6.45, 7) is 4.45. The predicted molar refractivity (Wildman–Crippen MR) is 134 cm³/mol. The number of hydrogen-bond acceptors (Lipinski definition) is 8. The first-order chi connectivity index (χ1) is 17.0. The lowest BCUT2D eigenvalue weighted by atomic mass is 9.98. The molecule has 0 aromatic heterocycles. The van der Waals surface area contributed by atoms with Crippen molar-refractivity contribution in [3.63, 3.8) is 0 Å². The highest BCUT2D eigenvalue weighted by Crippen LogP contribution is 2.09. The average molecular weight is 517 g/mol. The van der Waals surface area contributed by atoms with Crippen LogP contribution >= 0.6 is 0 Å². The Bertz CT molecular complexity index is 721. The van der Waals surface area contributed by atoms with Gasteiger partial charge in [-0.1, -0.05) is 20.3 Å². The SMILES string of the molecule is CCC(C)C(N)C(=O)NC(CCCCN)C(=O)NC(CCC(=O)O)C(=O)NC(CCCCN)C(=O)O. The summed E-state index contributed by atoms with van der Waals surface area (Å²) in [5.74, 6) is -4.61. The van der Waals surface area contributed by atoms with E-state index in [1.54, 1.807) is 0 Å². The number of hydrogen-bond donors (Lipinski definition) is 8. The molecule has 0 aromatic carbocycles. The van der Waals surface area contributed by atoms with Crippen molar-refractivity contribution >= 4 is 29.7 Å². The summed E-state index contributed by atoms with van der Waals surface area (Å²) in [5.41, 5.74) is 16.9. The molecule has 36 heavy (non-hydrogen) atoms. The lowest BCUT2D eigenvalue weighted by Gasteiger charge is -2.26. The molecule has 0 aromatic rings. The Kier molecular flexibility index (Phi) is 17.1. The monoisotopic (exact) mass is 516 g/mol. The number of nitrogens with one attached hydrogen (secondary N) is 3. The molecule has 0 spiro atoms. The van der Waals surface area contributed by atoms with Crippen molar-refractivity contribution in [1.29, 1.82) is 0 Å². The first-order valence-corrected chi connectivity index (χ1v) is 12.5. The van der Waals surface area contributed by atoms with Gasteiger partial charge in [-0.2, -0.15) is 0 Å². The molecule has 0 saturated heterocycles. The maximum atomic E-state index is 13.1. The molecule has 0 heterocycles. The maximum absolute atomic E-state index is 13.1. The van der Waals surface area contributed by atoms with Crippen molar-refractivity contribution < 1.29 is 34.2 Å². The second kappa shape index (κ2) is 18.5. The second-order valence-electron chi connectivity index (χ2n) is 8.93. The van der Waals surface area contributed by atoms with E-state index in [1.165, 1.54) is 0 Å². The number of carbonyl (C=O) groups is 5. The van der Waals surface area contributed by atoms with E-state index < -0.39 is 60.2 Å². The summed E-state index contributed by atoms with van der Waals surface area (Å²) in [4.78, 5) is 61.2. The molecule has 13 nitrogen and oxygen atoms in total. The summed E-state index contributed by atoms with van der Waals surface area (Å²) in [6, 6.07) is -4.40. The highest BCUT2D eigenvalue weighted by molar-refractivity contribution is 5.94. The van der Waals surface area contributed by atoms with Gasteiger partial charge in [0, 0.05) is 6.42 Å². The maximum Gasteiger partial charge on any atom is 0.326 e. The highest BCUT2D eigenvalue weighted by atomic mass is 16.4. The zero-order chi connectivity index (χ0) is 27.7. The van der Waals surface area contributed by atoms with E-state index in [4.69, 9.17) is 22.3 Å². The molecule has 0 radical (unpaired) electrons. The zero-order valence-electron chi connectivity index (χ0n) is 21.3. The van der Waals surface area contributed by atoms with E-state index >= 15 is 0 Å². The van der Waals surface area contributed by atoms with Gasteiger partial charge in [-0.25, -0.2) is 4.79 Å². The largest absolute Gasteiger partial charge is 0.481 e. The van der Waals surface area contributed by atoms with Gasteiger partial charge in [0.25, 0.3) is 0 Å². The van der Waals surface area contributed by atoms with E-state index in [0.29, 0.717) is 45.2 Å². The molecule has 0 aliphatic rings. The number of carboxylic acid groups (broad SMARTS) is 2. The lowest BCUT2D eigenvalue weighted by molar-refractivity contribution is -0.143. The summed E-state index contributed by atoms with van der Waals surface area (Å²) >= 11 is 0. The van der Waals surface area contributed by atoms with Crippen LogP contribution in [0.5, 0.6) is 0 Å². The minimum atomic E-state index is -1.32. The Balaban J connectivity index is 5.57. The van der Waals surface area contributed by atoms with Crippen LogP contribution in [0.4, 0.5) is 0 Å². The van der Waals surface area contributed by atoms with Crippen LogP contribution in [-0.2, 0) is 24.0 Å². The number of carboxylic acids is 2. The average Bonchev–Trinajstić information content (AvgIpc) is 2.83. The van der Waals surface area contributed by atoms with Gasteiger partial charge in [-0.15, -0.1) is 0 Å². The first kappa shape index (κ1) is 33.2. The van der Waals surface area contributed by atoms with Crippen LogP contribution < -0.4 is 33.2 Å². The van der Waals surface area contributed by atoms with Crippen LogP contribution in [0.2, 0.25) is 0 Å². The molecule has 11 N–H and O–H groups in total. The van der Waals surface area contributed by atoms with Crippen molar-refractivity contribution in [2.24, 2.45) is 23.1 Å². The number of aliphatic carboxylic acids is 2. The summed E-state index contributed by atoms with van der Waals surface area (Å²) in [7, 11) is 0. The second-order valence-corrected chi connectivity index (χ2v) is 8.93. The zero-order valence-corrected chi connectivity index (χ0v) is 21.3. The molecule has 208 valence electrons. The van der Waals surface area contributed by atoms with Gasteiger partial charge in [0.2, 0.25) is 17.7 Å². The predicted octanol–water partition coefficient (Wildman–Crippen LogP) is -0.978. The lowest BCUT2D eigenvalue weighted by Crippen LogP contribution is -2.57. The van der Waals surface area contributed by atoms with Crippen molar-refractivity contribution in [2.75, 3.05) is 13.1 Å². The van der Waals surface area contributed by atoms with E-state index in [2.05, 4.69) is 16.0 Å². The van der Waals surface area contributed by atoms with Gasteiger partial charge in [0.1, 0.15) is 18.1 Å². The van der Waals surface area contributed by atoms with Gasteiger partial charge >= 0.3 is 11.9 Å². The summed E-state index contributed by atoms with van der Waals surface area (Å²) in [5, 5.41) is 26.0. The molecule has 5 atom stereocenters. The molecular weight excluding hydrogens is 472 g/mol. The molecule has 0 aliphatic carbocycles. The van der Waals surface area contributed by atoms with Gasteiger partial charge in [0.05, 0.1) is 6.04 Å². The van der Waals surface area contributed by atoms with Gasteiger partial charge in [0.15, 0.2) is 0 Å². The van der Waals surface area contributed by atoms with E-state index in [0.717, 1.165) is 0 Å². The van der Waals surface area contributed by atoms with Crippen LogP contribution in [0, 0.1) is 5.92 Å². The van der Waals surface area contributed by atoms with Gasteiger partial charge < -0.3 is 43.4 Å². The topological polar surface area (TPSA) is 240 Å². The van der Waals surface area contributed by atoms with E-state index in [1.807, 2.05) is 13.8 Å². The first-order valence-electron chi connectivity index (χ1n) is 12.5. The minimum absolute atomic E-state index is 0.126. The van der Waals surface area contributed by atoms with Crippen LogP contribution in [0.3, 0.4) is 0 Å². The van der Waals surface area contributed by atoms with E-state index in [9.17, 15) is 29.1 Å². The highest BCUT2D eigenvalue weighted by Gasteiger charge is 2.31. The van der Waals surface area contributed by atoms with E-state index in [-0.39, 0.29) is 25.2 Å². The molecule has 0 rings (SSSR count). The minimum Gasteiger partial charge on any atom is -0.481 e. The number of unbranched alkanes of at least 4 members (excludes halogenated alkanes) is 2. The molecule has 0 bridgehead atoms. The third-order valence-corrected chi connectivity index (χ3v) is 5.98. The fraction of sp³-hybridized carbons (Fsp3) is 0.783. The fourth-order valence-corrected chi connectivity index (χ4v) is 3.37. The van der Waals surface area contributed by atoms with Crippen LogP contribution in [-0.4, -0.2) is 77.1 Å². The Morgan fingerprint density at radius 1 is 0.722 bits per heavy atom. The third kappa shape index (κ3) is 13.4. The summed E-state index contributed by atoms with van der Waals surface area (Å²) < 4.78 is 0. The van der Waals surface area contributed by atoms with Gasteiger partial charge in [-0.05, 0) is 64.0 Å². The molecule has 5 unspecified atom stereocenters. The molecule has 0 aliphatic heterocycles.